The van der Waals surface area contributed by atoms with Gasteiger partial charge in [0, 0.05) is 12.6 Å². The zero-order valence-corrected chi connectivity index (χ0v) is 11.0. The topological polar surface area (TPSA) is 50.4 Å². The third-order valence-electron chi connectivity index (χ3n) is 3.13. The quantitative estimate of drug-likeness (QED) is 0.872. The van der Waals surface area contributed by atoms with Gasteiger partial charge in [0.1, 0.15) is 0 Å². The molecule has 104 valence electrons. The Morgan fingerprint density at radius 1 is 1.58 bits per heavy atom. The summed E-state index contributed by atoms with van der Waals surface area (Å²) in [6, 6.07) is 4.49. The highest BCUT2D eigenvalue weighted by molar-refractivity contribution is 5.97. The second kappa shape index (κ2) is 6.52. The molecule has 0 radical (unpaired) electrons. The monoisotopic (exact) mass is 266 g/mol. The molecule has 0 spiro atoms. The Bertz CT molecular complexity index is 445. The molecule has 2 N–H and O–H groups in total. The zero-order chi connectivity index (χ0) is 13.7. The predicted octanol–water partition coefficient (Wildman–Crippen LogP) is 1.71. The fraction of sp³-hybridized carbons (Fsp3) is 0.500. The van der Waals surface area contributed by atoms with E-state index in [-0.39, 0.29) is 23.3 Å². The Labute approximate surface area is 112 Å². The number of halogens is 1. The SMILES string of the molecule is CCOc1c(F)cccc1C(=O)NC1CCCNC1. The Morgan fingerprint density at radius 3 is 3.11 bits per heavy atom. The number of piperidine rings is 1. The average molecular weight is 266 g/mol. The minimum atomic E-state index is -0.503. The number of nitrogens with one attached hydrogen (secondary N) is 2. The first kappa shape index (κ1) is 13.8. The van der Waals surface area contributed by atoms with E-state index in [4.69, 9.17) is 4.74 Å². The highest BCUT2D eigenvalue weighted by Gasteiger charge is 2.20. The van der Waals surface area contributed by atoms with Gasteiger partial charge >= 0.3 is 0 Å². The van der Waals surface area contributed by atoms with E-state index in [0.717, 1.165) is 25.9 Å². The van der Waals surface area contributed by atoms with Gasteiger partial charge in [-0.2, -0.15) is 0 Å². The maximum absolute atomic E-state index is 13.7. The lowest BCUT2D eigenvalue weighted by molar-refractivity contribution is 0.0926. The fourth-order valence-corrected chi connectivity index (χ4v) is 2.22. The summed E-state index contributed by atoms with van der Waals surface area (Å²) in [4.78, 5) is 12.2. The summed E-state index contributed by atoms with van der Waals surface area (Å²) in [5.74, 6) is -0.751. The van der Waals surface area contributed by atoms with E-state index < -0.39 is 5.82 Å². The van der Waals surface area contributed by atoms with Gasteiger partial charge in [-0.1, -0.05) is 6.07 Å². The normalized spacial score (nSPS) is 18.9. The lowest BCUT2D eigenvalue weighted by Crippen LogP contribution is -2.45. The molecule has 4 nitrogen and oxygen atoms in total. The van der Waals surface area contributed by atoms with Crippen molar-refractivity contribution in [3.8, 4) is 5.75 Å². The van der Waals surface area contributed by atoms with Crippen molar-refractivity contribution in [1.82, 2.24) is 10.6 Å². The van der Waals surface area contributed by atoms with Gasteiger partial charge in [-0.25, -0.2) is 4.39 Å². The summed E-state index contributed by atoms with van der Waals surface area (Å²) in [5.41, 5.74) is 0.257. The fourth-order valence-electron chi connectivity index (χ4n) is 2.22. The van der Waals surface area contributed by atoms with Gasteiger partial charge in [0.25, 0.3) is 5.91 Å². The van der Waals surface area contributed by atoms with Crippen molar-refractivity contribution in [3.05, 3.63) is 29.6 Å². The Kier molecular flexibility index (Phi) is 4.74. The van der Waals surface area contributed by atoms with E-state index in [1.54, 1.807) is 13.0 Å². The maximum atomic E-state index is 13.7. The lowest BCUT2D eigenvalue weighted by atomic mass is 10.1. The van der Waals surface area contributed by atoms with Crippen molar-refractivity contribution >= 4 is 5.91 Å². The molecule has 1 atom stereocenters. The van der Waals surface area contributed by atoms with Crippen LogP contribution in [0.15, 0.2) is 18.2 Å². The van der Waals surface area contributed by atoms with Crippen molar-refractivity contribution in [1.29, 1.82) is 0 Å². The van der Waals surface area contributed by atoms with Crippen LogP contribution in [0.5, 0.6) is 5.75 Å². The summed E-state index contributed by atoms with van der Waals surface area (Å²) in [6.45, 7) is 3.83. The van der Waals surface area contributed by atoms with Crippen LogP contribution in [0.1, 0.15) is 30.1 Å². The zero-order valence-electron chi connectivity index (χ0n) is 11.0. The molecule has 1 aliphatic heterocycles. The van der Waals surface area contributed by atoms with Crippen LogP contribution in [0.4, 0.5) is 4.39 Å². The molecule has 1 aromatic rings. The van der Waals surface area contributed by atoms with E-state index in [1.165, 1.54) is 12.1 Å². The third-order valence-corrected chi connectivity index (χ3v) is 3.13. The second-order valence-corrected chi connectivity index (χ2v) is 4.57. The van der Waals surface area contributed by atoms with Crippen LogP contribution in [0.2, 0.25) is 0 Å². The number of benzene rings is 1. The van der Waals surface area contributed by atoms with Crippen LogP contribution in [-0.4, -0.2) is 31.6 Å². The summed E-state index contributed by atoms with van der Waals surface area (Å²) in [7, 11) is 0. The van der Waals surface area contributed by atoms with Gasteiger partial charge in [0.15, 0.2) is 11.6 Å². The van der Waals surface area contributed by atoms with Crippen molar-refractivity contribution in [2.24, 2.45) is 0 Å². The molecule has 1 fully saturated rings. The molecule has 1 aliphatic rings. The van der Waals surface area contributed by atoms with Crippen LogP contribution < -0.4 is 15.4 Å². The molecule has 1 unspecified atom stereocenters. The van der Waals surface area contributed by atoms with Crippen molar-refractivity contribution in [3.63, 3.8) is 0 Å². The number of hydrogen-bond acceptors (Lipinski definition) is 3. The molecule has 2 rings (SSSR count). The van der Waals surface area contributed by atoms with Gasteiger partial charge < -0.3 is 15.4 Å². The third kappa shape index (κ3) is 3.44. The number of para-hydroxylation sites is 1. The van der Waals surface area contributed by atoms with Gasteiger partial charge in [0.05, 0.1) is 12.2 Å². The largest absolute Gasteiger partial charge is 0.490 e. The first-order valence-corrected chi connectivity index (χ1v) is 6.65. The smallest absolute Gasteiger partial charge is 0.255 e. The number of ether oxygens (including phenoxy) is 1. The Hall–Kier alpha value is -1.62. The molecule has 0 bridgehead atoms. The van der Waals surface area contributed by atoms with Gasteiger partial charge in [-0.15, -0.1) is 0 Å². The van der Waals surface area contributed by atoms with E-state index in [0.29, 0.717) is 6.61 Å². The molecule has 1 saturated heterocycles. The first-order valence-electron chi connectivity index (χ1n) is 6.65. The molecule has 1 aromatic carbocycles. The van der Waals surface area contributed by atoms with Crippen LogP contribution in [0, 0.1) is 5.82 Å². The van der Waals surface area contributed by atoms with Gasteiger partial charge in [-0.05, 0) is 38.4 Å². The molecular formula is C14H19FN2O2. The van der Waals surface area contributed by atoms with E-state index >= 15 is 0 Å². The Balaban J connectivity index is 2.11. The molecule has 0 aromatic heterocycles. The number of rotatable bonds is 4. The average Bonchev–Trinajstić information content (AvgIpc) is 2.42. The van der Waals surface area contributed by atoms with E-state index in [2.05, 4.69) is 10.6 Å². The highest BCUT2D eigenvalue weighted by Crippen LogP contribution is 2.22. The summed E-state index contributed by atoms with van der Waals surface area (Å²) in [5, 5.41) is 6.14. The molecule has 0 aliphatic carbocycles. The van der Waals surface area contributed by atoms with Crippen LogP contribution in [-0.2, 0) is 0 Å². The van der Waals surface area contributed by atoms with Crippen molar-refractivity contribution in [2.75, 3.05) is 19.7 Å². The number of hydrogen-bond donors (Lipinski definition) is 2. The molecule has 0 saturated carbocycles. The number of amides is 1. The standard InChI is InChI=1S/C14H19FN2O2/c1-2-19-13-11(6-3-7-12(13)15)14(18)17-10-5-4-8-16-9-10/h3,6-7,10,16H,2,4-5,8-9H2,1H3,(H,17,18). The molecule has 1 amide bonds. The first-order chi connectivity index (χ1) is 9.22. The van der Waals surface area contributed by atoms with E-state index in [1.807, 2.05) is 0 Å². The van der Waals surface area contributed by atoms with E-state index in [9.17, 15) is 9.18 Å². The molecular weight excluding hydrogens is 247 g/mol. The van der Waals surface area contributed by atoms with Crippen molar-refractivity contribution in [2.45, 2.75) is 25.8 Å². The van der Waals surface area contributed by atoms with Crippen LogP contribution in [0.25, 0.3) is 0 Å². The van der Waals surface area contributed by atoms with Crippen LogP contribution in [0.3, 0.4) is 0 Å². The van der Waals surface area contributed by atoms with Gasteiger partial charge in [0.2, 0.25) is 0 Å². The maximum Gasteiger partial charge on any atom is 0.255 e. The molecule has 1 heterocycles. The van der Waals surface area contributed by atoms with Gasteiger partial charge in [-0.3, -0.25) is 4.79 Å². The second-order valence-electron chi connectivity index (χ2n) is 4.57. The summed E-state index contributed by atoms with van der Waals surface area (Å²) in [6.07, 6.45) is 1.98. The lowest BCUT2D eigenvalue weighted by Gasteiger charge is -2.24. The minimum absolute atomic E-state index is 0.0336. The summed E-state index contributed by atoms with van der Waals surface area (Å²) < 4.78 is 18.9. The molecule has 19 heavy (non-hydrogen) atoms. The molecule has 5 heteroatoms. The summed E-state index contributed by atoms with van der Waals surface area (Å²) >= 11 is 0. The Morgan fingerprint density at radius 2 is 2.42 bits per heavy atom. The minimum Gasteiger partial charge on any atom is -0.490 e. The van der Waals surface area contributed by atoms with Crippen molar-refractivity contribution < 1.29 is 13.9 Å². The highest BCUT2D eigenvalue weighted by atomic mass is 19.1. The predicted molar refractivity (Wildman–Crippen MR) is 70.9 cm³/mol. The number of carbonyl (C=O) groups excluding carboxylic acids is 1. The van der Waals surface area contributed by atoms with Crippen LogP contribution >= 0.6 is 0 Å². The number of carbonyl (C=O) groups is 1.